The average molecular weight is 308 g/mol. The second kappa shape index (κ2) is 7.51. The highest BCUT2D eigenvalue weighted by Gasteiger charge is 2.14. The minimum atomic E-state index is -0.630. The molecule has 1 aromatic heterocycles. The van der Waals surface area contributed by atoms with Crippen LogP contribution in [0.1, 0.15) is 30.2 Å². The molecule has 0 spiro atoms. The number of hydrogen-bond donors (Lipinski definition) is 3. The molecular formula is C14H17FN4O3. The molecule has 1 unspecified atom stereocenters. The number of nitrogens with zero attached hydrogens (tertiary/aromatic N) is 2. The second-order valence-corrected chi connectivity index (χ2v) is 4.57. The van der Waals surface area contributed by atoms with Crippen molar-refractivity contribution in [3.63, 3.8) is 0 Å². The molecule has 0 bridgehead atoms. The fourth-order valence-electron chi connectivity index (χ4n) is 1.80. The highest BCUT2D eigenvalue weighted by molar-refractivity contribution is 5.74. The molecule has 1 aromatic carbocycles. The standard InChI is InChI=1S/C14H17FN4O3/c1-2-12-18-13(22-19-12)7-16-14(21)17-11(8-20)9-3-5-10(15)6-4-9/h3-6,11,20H,2,7-8H2,1H3,(H2,16,17,21). The molecule has 2 aromatic rings. The molecule has 8 heteroatoms. The van der Waals surface area contributed by atoms with E-state index in [0.717, 1.165) is 0 Å². The monoisotopic (exact) mass is 308 g/mol. The molecular weight excluding hydrogens is 291 g/mol. The Labute approximate surface area is 126 Å². The highest BCUT2D eigenvalue weighted by Crippen LogP contribution is 2.12. The average Bonchev–Trinajstić information content (AvgIpc) is 2.99. The largest absolute Gasteiger partial charge is 0.394 e. The molecule has 0 saturated heterocycles. The van der Waals surface area contributed by atoms with E-state index >= 15 is 0 Å². The fourth-order valence-corrected chi connectivity index (χ4v) is 1.80. The molecule has 3 N–H and O–H groups in total. The summed E-state index contributed by atoms with van der Waals surface area (Å²) in [7, 11) is 0. The SMILES string of the molecule is CCc1noc(CNC(=O)NC(CO)c2ccc(F)cc2)n1. The van der Waals surface area contributed by atoms with Crippen LogP contribution in [0.3, 0.4) is 0 Å². The third-order valence-electron chi connectivity index (χ3n) is 2.99. The Kier molecular flexibility index (Phi) is 5.42. The Morgan fingerprint density at radius 2 is 2.14 bits per heavy atom. The summed E-state index contributed by atoms with van der Waals surface area (Å²) in [5.41, 5.74) is 0.602. The van der Waals surface area contributed by atoms with E-state index in [1.165, 1.54) is 24.3 Å². The fraction of sp³-hybridized carbons (Fsp3) is 0.357. The number of carbonyl (C=O) groups excluding carboxylic acids is 1. The first-order valence-electron chi connectivity index (χ1n) is 6.84. The normalized spacial score (nSPS) is 12.0. The Morgan fingerprint density at radius 1 is 1.41 bits per heavy atom. The highest BCUT2D eigenvalue weighted by atomic mass is 19.1. The molecule has 2 rings (SSSR count). The van der Waals surface area contributed by atoms with E-state index in [4.69, 9.17) is 4.52 Å². The maximum absolute atomic E-state index is 12.9. The van der Waals surface area contributed by atoms with Crippen LogP contribution in [0, 0.1) is 5.82 Å². The summed E-state index contributed by atoms with van der Waals surface area (Å²) in [6.45, 7) is 1.67. The predicted octanol–water partition coefficient (Wildman–Crippen LogP) is 1.30. The quantitative estimate of drug-likeness (QED) is 0.747. The van der Waals surface area contributed by atoms with Crippen molar-refractivity contribution in [3.8, 4) is 0 Å². The maximum Gasteiger partial charge on any atom is 0.315 e. The Morgan fingerprint density at radius 3 is 2.73 bits per heavy atom. The first-order valence-corrected chi connectivity index (χ1v) is 6.84. The lowest BCUT2D eigenvalue weighted by Gasteiger charge is -2.16. The molecule has 0 aliphatic rings. The van der Waals surface area contributed by atoms with Crippen molar-refractivity contribution in [1.82, 2.24) is 20.8 Å². The maximum atomic E-state index is 12.9. The summed E-state index contributed by atoms with van der Waals surface area (Å²) < 4.78 is 17.8. The first kappa shape index (κ1) is 15.9. The van der Waals surface area contributed by atoms with E-state index in [0.29, 0.717) is 23.7 Å². The summed E-state index contributed by atoms with van der Waals surface area (Å²) in [6.07, 6.45) is 0.646. The van der Waals surface area contributed by atoms with Crippen LogP contribution in [-0.4, -0.2) is 27.9 Å². The van der Waals surface area contributed by atoms with Crippen molar-refractivity contribution < 1.29 is 18.8 Å². The molecule has 22 heavy (non-hydrogen) atoms. The van der Waals surface area contributed by atoms with Gasteiger partial charge in [-0.3, -0.25) is 0 Å². The van der Waals surface area contributed by atoms with Gasteiger partial charge < -0.3 is 20.3 Å². The van der Waals surface area contributed by atoms with Crippen molar-refractivity contribution in [2.45, 2.75) is 25.9 Å². The summed E-state index contributed by atoms with van der Waals surface area (Å²) in [4.78, 5) is 15.9. The van der Waals surface area contributed by atoms with Gasteiger partial charge in [-0.15, -0.1) is 0 Å². The van der Waals surface area contributed by atoms with Crippen LogP contribution in [0.5, 0.6) is 0 Å². The Balaban J connectivity index is 1.87. The number of benzene rings is 1. The lowest BCUT2D eigenvalue weighted by molar-refractivity contribution is 0.215. The van der Waals surface area contributed by atoms with Crippen LogP contribution < -0.4 is 10.6 Å². The molecule has 7 nitrogen and oxygen atoms in total. The van der Waals surface area contributed by atoms with Gasteiger partial charge in [-0.1, -0.05) is 24.2 Å². The summed E-state index contributed by atoms with van der Waals surface area (Å²) in [5, 5.41) is 18.2. The predicted molar refractivity (Wildman–Crippen MR) is 75.3 cm³/mol. The molecule has 0 aliphatic carbocycles. The van der Waals surface area contributed by atoms with E-state index in [9.17, 15) is 14.3 Å². The van der Waals surface area contributed by atoms with Gasteiger partial charge in [-0.2, -0.15) is 4.98 Å². The van der Waals surface area contributed by atoms with Crippen LogP contribution in [0.4, 0.5) is 9.18 Å². The van der Waals surface area contributed by atoms with Crippen molar-refractivity contribution >= 4 is 6.03 Å². The van der Waals surface area contributed by atoms with E-state index in [1.54, 1.807) is 0 Å². The van der Waals surface area contributed by atoms with Gasteiger partial charge in [0.25, 0.3) is 0 Å². The molecule has 1 heterocycles. The number of rotatable bonds is 6. The molecule has 0 aliphatic heterocycles. The molecule has 118 valence electrons. The van der Waals surface area contributed by atoms with Gasteiger partial charge in [-0.05, 0) is 17.7 Å². The van der Waals surface area contributed by atoms with Crippen LogP contribution >= 0.6 is 0 Å². The number of urea groups is 1. The smallest absolute Gasteiger partial charge is 0.315 e. The minimum Gasteiger partial charge on any atom is -0.394 e. The van der Waals surface area contributed by atoms with Gasteiger partial charge >= 0.3 is 6.03 Å². The van der Waals surface area contributed by atoms with Gasteiger partial charge in [0.15, 0.2) is 5.82 Å². The lowest BCUT2D eigenvalue weighted by atomic mass is 10.1. The molecule has 1 atom stereocenters. The van der Waals surface area contributed by atoms with Crippen LogP contribution in [0.2, 0.25) is 0 Å². The summed E-state index contributed by atoms with van der Waals surface area (Å²) >= 11 is 0. The zero-order valence-electron chi connectivity index (χ0n) is 12.0. The summed E-state index contributed by atoms with van der Waals surface area (Å²) in [5.74, 6) is 0.485. The lowest BCUT2D eigenvalue weighted by Crippen LogP contribution is -2.38. The van der Waals surface area contributed by atoms with Gasteiger partial charge in [0.05, 0.1) is 19.2 Å². The Bertz CT molecular complexity index is 615. The zero-order valence-corrected chi connectivity index (χ0v) is 12.0. The number of nitrogens with one attached hydrogen (secondary N) is 2. The number of hydrogen-bond acceptors (Lipinski definition) is 5. The topological polar surface area (TPSA) is 100 Å². The molecule has 0 fully saturated rings. The van der Waals surface area contributed by atoms with Crippen molar-refractivity contribution in [3.05, 3.63) is 47.4 Å². The molecule has 0 saturated carbocycles. The number of aryl methyl sites for hydroxylation is 1. The third kappa shape index (κ3) is 4.26. The Hall–Kier alpha value is -2.48. The zero-order chi connectivity index (χ0) is 15.9. The van der Waals surface area contributed by atoms with Gasteiger partial charge in [0, 0.05) is 6.42 Å². The van der Waals surface area contributed by atoms with Crippen molar-refractivity contribution in [2.75, 3.05) is 6.61 Å². The summed E-state index contributed by atoms with van der Waals surface area (Å²) in [6, 6.07) is 4.41. The van der Waals surface area contributed by atoms with Gasteiger partial charge in [0.1, 0.15) is 5.82 Å². The van der Waals surface area contributed by atoms with E-state index in [2.05, 4.69) is 20.8 Å². The van der Waals surface area contributed by atoms with Gasteiger partial charge in [-0.25, -0.2) is 9.18 Å². The first-order chi connectivity index (χ1) is 10.6. The number of amides is 2. The number of aliphatic hydroxyl groups is 1. The minimum absolute atomic E-state index is 0.0837. The van der Waals surface area contributed by atoms with Crippen molar-refractivity contribution in [2.24, 2.45) is 0 Å². The molecule has 0 radical (unpaired) electrons. The van der Waals surface area contributed by atoms with Crippen LogP contribution in [-0.2, 0) is 13.0 Å². The van der Waals surface area contributed by atoms with E-state index in [-0.39, 0.29) is 19.0 Å². The number of carbonyl (C=O) groups is 1. The van der Waals surface area contributed by atoms with E-state index < -0.39 is 12.1 Å². The third-order valence-corrected chi connectivity index (χ3v) is 2.99. The number of aromatic nitrogens is 2. The molecule has 2 amide bonds. The number of halogens is 1. The van der Waals surface area contributed by atoms with Crippen LogP contribution in [0.15, 0.2) is 28.8 Å². The van der Waals surface area contributed by atoms with E-state index in [1.807, 2.05) is 6.92 Å². The van der Waals surface area contributed by atoms with Crippen LogP contribution in [0.25, 0.3) is 0 Å². The number of aliphatic hydroxyl groups excluding tert-OH is 1. The van der Waals surface area contributed by atoms with Crippen molar-refractivity contribution in [1.29, 1.82) is 0 Å². The second-order valence-electron chi connectivity index (χ2n) is 4.57. The van der Waals surface area contributed by atoms with Gasteiger partial charge in [0.2, 0.25) is 5.89 Å².